The standard InChI is InChI=1S/C14H20N2O3/c1-10-6-11(13(15)17)2-3-12(10)7-16-8-14(18)4-5-19-9-14/h2-3,6,16,18H,4-5,7-9H2,1H3,(H2,15,17). The smallest absolute Gasteiger partial charge is 0.248 e. The van der Waals surface area contributed by atoms with E-state index in [1.807, 2.05) is 13.0 Å². The molecule has 0 bridgehead atoms. The van der Waals surface area contributed by atoms with Crippen LogP contribution in [0.3, 0.4) is 0 Å². The number of hydrogen-bond acceptors (Lipinski definition) is 4. The van der Waals surface area contributed by atoms with E-state index in [1.54, 1.807) is 12.1 Å². The highest BCUT2D eigenvalue weighted by Crippen LogP contribution is 2.17. The predicted octanol–water partition coefficient (Wildman–Crippen LogP) is 0.335. The lowest BCUT2D eigenvalue weighted by atomic mass is 10.0. The number of ether oxygens (including phenoxy) is 1. The molecule has 1 heterocycles. The van der Waals surface area contributed by atoms with E-state index in [-0.39, 0.29) is 0 Å². The molecule has 5 nitrogen and oxygen atoms in total. The first-order valence-electron chi connectivity index (χ1n) is 6.40. The van der Waals surface area contributed by atoms with Crippen molar-refractivity contribution in [2.75, 3.05) is 19.8 Å². The van der Waals surface area contributed by atoms with E-state index in [0.717, 1.165) is 11.1 Å². The van der Waals surface area contributed by atoms with Crippen LogP contribution in [0.25, 0.3) is 0 Å². The van der Waals surface area contributed by atoms with Crippen LogP contribution in [0.1, 0.15) is 27.9 Å². The summed E-state index contributed by atoms with van der Waals surface area (Å²) >= 11 is 0. The first-order chi connectivity index (χ1) is 9.00. The number of nitrogens with two attached hydrogens (primary N) is 1. The number of primary amides is 1. The second-order valence-electron chi connectivity index (χ2n) is 5.14. The topological polar surface area (TPSA) is 84.6 Å². The minimum absolute atomic E-state index is 0.388. The molecule has 0 radical (unpaired) electrons. The number of carbonyl (C=O) groups excluding carboxylic acids is 1. The third kappa shape index (κ3) is 3.53. The van der Waals surface area contributed by atoms with Gasteiger partial charge in [0.25, 0.3) is 0 Å². The number of benzene rings is 1. The summed E-state index contributed by atoms with van der Waals surface area (Å²) in [5.74, 6) is -0.417. The highest BCUT2D eigenvalue weighted by Gasteiger charge is 2.31. The van der Waals surface area contributed by atoms with E-state index < -0.39 is 11.5 Å². The summed E-state index contributed by atoms with van der Waals surface area (Å²) < 4.78 is 5.19. The fraction of sp³-hybridized carbons (Fsp3) is 0.500. The lowest BCUT2D eigenvalue weighted by molar-refractivity contribution is 0.0268. The molecular formula is C14H20N2O3. The molecule has 0 saturated carbocycles. The largest absolute Gasteiger partial charge is 0.386 e. The lowest BCUT2D eigenvalue weighted by Crippen LogP contribution is -2.40. The molecule has 0 spiro atoms. The maximum atomic E-state index is 11.1. The zero-order valence-corrected chi connectivity index (χ0v) is 11.1. The summed E-state index contributed by atoms with van der Waals surface area (Å²) in [6.45, 7) is 4.10. The molecular weight excluding hydrogens is 244 g/mol. The molecule has 1 aromatic carbocycles. The number of nitrogens with one attached hydrogen (secondary N) is 1. The summed E-state index contributed by atoms with van der Waals surface area (Å²) in [5, 5.41) is 13.3. The average molecular weight is 264 g/mol. The predicted molar refractivity (Wildman–Crippen MR) is 71.8 cm³/mol. The van der Waals surface area contributed by atoms with Gasteiger partial charge >= 0.3 is 0 Å². The van der Waals surface area contributed by atoms with Crippen LogP contribution in [0.5, 0.6) is 0 Å². The molecule has 0 aliphatic carbocycles. The van der Waals surface area contributed by atoms with Crippen LogP contribution in [0.15, 0.2) is 18.2 Å². The highest BCUT2D eigenvalue weighted by molar-refractivity contribution is 5.93. The summed E-state index contributed by atoms with van der Waals surface area (Å²) in [6, 6.07) is 5.39. The van der Waals surface area contributed by atoms with E-state index in [4.69, 9.17) is 10.5 Å². The van der Waals surface area contributed by atoms with Crippen molar-refractivity contribution in [1.82, 2.24) is 5.32 Å². The zero-order valence-electron chi connectivity index (χ0n) is 11.1. The van der Waals surface area contributed by atoms with Gasteiger partial charge in [-0.25, -0.2) is 0 Å². The Morgan fingerprint density at radius 3 is 2.95 bits per heavy atom. The van der Waals surface area contributed by atoms with Crippen LogP contribution >= 0.6 is 0 Å². The van der Waals surface area contributed by atoms with Crippen molar-refractivity contribution in [2.24, 2.45) is 5.73 Å². The quantitative estimate of drug-likeness (QED) is 0.716. The molecule has 4 N–H and O–H groups in total. The molecule has 2 rings (SSSR count). The molecule has 5 heteroatoms. The average Bonchev–Trinajstić information content (AvgIpc) is 2.78. The van der Waals surface area contributed by atoms with E-state index >= 15 is 0 Å². The van der Waals surface area contributed by atoms with Crippen LogP contribution in [-0.2, 0) is 11.3 Å². The van der Waals surface area contributed by atoms with E-state index in [1.165, 1.54) is 0 Å². The Kier molecular flexibility index (Phi) is 4.19. The number of aryl methyl sites for hydroxylation is 1. The molecule has 1 aliphatic rings. The van der Waals surface area contributed by atoms with E-state index in [2.05, 4.69) is 5.32 Å². The number of hydrogen-bond donors (Lipinski definition) is 3. The van der Waals surface area contributed by atoms with Crippen molar-refractivity contribution in [3.8, 4) is 0 Å². The Morgan fingerprint density at radius 2 is 2.37 bits per heavy atom. The molecule has 104 valence electrons. The fourth-order valence-electron chi connectivity index (χ4n) is 2.21. The summed E-state index contributed by atoms with van der Waals surface area (Å²) in [5.41, 5.74) is 7.10. The molecule has 0 aromatic heterocycles. The SMILES string of the molecule is Cc1cc(C(N)=O)ccc1CNCC1(O)CCOC1. The van der Waals surface area contributed by atoms with Crippen molar-refractivity contribution in [3.05, 3.63) is 34.9 Å². The van der Waals surface area contributed by atoms with Gasteiger partial charge in [-0.1, -0.05) is 6.07 Å². The minimum Gasteiger partial charge on any atom is -0.386 e. The van der Waals surface area contributed by atoms with Crippen LogP contribution in [-0.4, -0.2) is 36.4 Å². The summed E-state index contributed by atoms with van der Waals surface area (Å²) in [4.78, 5) is 11.1. The second kappa shape index (κ2) is 5.69. The first-order valence-corrected chi connectivity index (χ1v) is 6.40. The molecule has 1 aliphatic heterocycles. The van der Waals surface area contributed by atoms with Gasteiger partial charge in [-0.2, -0.15) is 0 Å². The molecule has 1 atom stereocenters. The van der Waals surface area contributed by atoms with Gasteiger partial charge in [-0.15, -0.1) is 0 Å². The maximum Gasteiger partial charge on any atom is 0.248 e. The van der Waals surface area contributed by atoms with Crippen LogP contribution in [0.4, 0.5) is 0 Å². The Bertz CT molecular complexity index is 468. The Labute approximate surface area is 112 Å². The van der Waals surface area contributed by atoms with Gasteiger partial charge in [0.05, 0.1) is 6.61 Å². The van der Waals surface area contributed by atoms with Crippen LogP contribution < -0.4 is 11.1 Å². The Balaban J connectivity index is 1.91. The summed E-state index contributed by atoms with van der Waals surface area (Å²) in [7, 11) is 0. The zero-order chi connectivity index (χ0) is 13.9. The Morgan fingerprint density at radius 1 is 1.58 bits per heavy atom. The van der Waals surface area contributed by atoms with E-state index in [9.17, 15) is 9.90 Å². The monoisotopic (exact) mass is 264 g/mol. The van der Waals surface area contributed by atoms with Gasteiger partial charge in [-0.3, -0.25) is 4.79 Å². The highest BCUT2D eigenvalue weighted by atomic mass is 16.5. The molecule has 1 saturated heterocycles. The summed E-state index contributed by atoms with van der Waals surface area (Å²) in [6.07, 6.45) is 0.666. The Hall–Kier alpha value is -1.43. The maximum absolute atomic E-state index is 11.1. The van der Waals surface area contributed by atoms with Crippen LogP contribution in [0, 0.1) is 6.92 Å². The second-order valence-corrected chi connectivity index (χ2v) is 5.14. The van der Waals surface area contributed by atoms with Gasteiger partial charge in [0.2, 0.25) is 5.91 Å². The first kappa shape index (κ1) is 14.0. The van der Waals surface area contributed by atoms with Gasteiger partial charge in [-0.05, 0) is 30.2 Å². The third-order valence-electron chi connectivity index (χ3n) is 3.48. The van der Waals surface area contributed by atoms with Gasteiger partial charge in [0, 0.05) is 31.7 Å². The van der Waals surface area contributed by atoms with Crippen molar-refractivity contribution in [2.45, 2.75) is 25.5 Å². The molecule has 1 aromatic rings. The molecule has 1 fully saturated rings. The molecule has 1 amide bonds. The third-order valence-corrected chi connectivity index (χ3v) is 3.48. The normalized spacial score (nSPS) is 22.6. The molecule has 1 unspecified atom stereocenters. The van der Waals surface area contributed by atoms with Crippen molar-refractivity contribution >= 4 is 5.91 Å². The van der Waals surface area contributed by atoms with Crippen molar-refractivity contribution in [3.63, 3.8) is 0 Å². The van der Waals surface area contributed by atoms with Gasteiger partial charge < -0.3 is 20.9 Å². The number of aliphatic hydroxyl groups is 1. The number of carbonyl (C=O) groups is 1. The van der Waals surface area contributed by atoms with E-state index in [0.29, 0.717) is 38.3 Å². The number of rotatable bonds is 5. The molecule has 19 heavy (non-hydrogen) atoms. The lowest BCUT2D eigenvalue weighted by Gasteiger charge is -2.21. The fourth-order valence-corrected chi connectivity index (χ4v) is 2.21. The van der Waals surface area contributed by atoms with Crippen molar-refractivity contribution < 1.29 is 14.6 Å². The van der Waals surface area contributed by atoms with Gasteiger partial charge in [0.15, 0.2) is 0 Å². The van der Waals surface area contributed by atoms with Crippen molar-refractivity contribution in [1.29, 1.82) is 0 Å². The van der Waals surface area contributed by atoms with Crippen LogP contribution in [0.2, 0.25) is 0 Å². The number of amides is 1. The van der Waals surface area contributed by atoms with Gasteiger partial charge in [0.1, 0.15) is 5.60 Å². The minimum atomic E-state index is -0.749.